The van der Waals surface area contributed by atoms with Crippen molar-refractivity contribution in [3.63, 3.8) is 0 Å². The zero-order valence-corrected chi connectivity index (χ0v) is 58.9. The van der Waals surface area contributed by atoms with Crippen molar-refractivity contribution < 1.29 is 148 Å². The molecule has 5 aromatic rings. The van der Waals surface area contributed by atoms with Crippen LogP contribution in [-0.4, -0.2) is 245 Å². The Bertz CT molecular complexity index is 3420. The summed E-state index contributed by atoms with van der Waals surface area (Å²) in [5.41, 5.74) is 3.85. The summed E-state index contributed by atoms with van der Waals surface area (Å²) in [7, 11) is 0. The van der Waals surface area contributed by atoms with Crippen molar-refractivity contribution >= 4 is 82.8 Å². The van der Waals surface area contributed by atoms with E-state index < -0.39 is 158 Å². The predicted octanol–water partition coefficient (Wildman–Crippen LogP) is -1.67. The molecule has 0 aliphatic carbocycles. The fraction of sp³-hybridized carbons (Fsp3) is 0.412. The number of thioether (sulfide) groups is 2. The maximum Gasteiger partial charge on any atom is 1.00 e. The molecule has 16 N–H and O–H groups in total. The first-order valence-electron chi connectivity index (χ1n) is 31.6. The summed E-state index contributed by atoms with van der Waals surface area (Å²) in [4.78, 5) is 124. The summed E-state index contributed by atoms with van der Waals surface area (Å²) in [6.45, 7) is 1.13. The van der Waals surface area contributed by atoms with E-state index in [2.05, 4.69) is 31.9 Å². The SMILES string of the molecule is CC(=O)N[C@@H]1[C@@H](O)C[C@](OCCCSCCNC(=O)c2ccc(C(=O)NCCSCCCO[C@]3(C(=O)O)C[C@H](O)[C@@H](NC(C)=O)[C@H](C(O)[C@H](O)CNC(=O)c4ccc(-c5ccc(C(=O)O)cc5)cc4)O3)cc2)(C(=O)O)O[C@H]1C(O)[C@H](O)CNC(=O)c1ccc(-c2ccc(C(=O)O)cc2)cc1.[Na+]. The van der Waals surface area contributed by atoms with Crippen LogP contribution >= 0.6 is 23.5 Å². The second kappa shape index (κ2) is 38.9. The number of nitrogens with one attached hydrogen (secondary N) is 6. The molecular weight excluding hydrogens is 1370 g/mol. The largest absolute Gasteiger partial charge is 1.00 e. The fourth-order valence-electron chi connectivity index (χ4n) is 10.9. The molecule has 12 atom stereocenters. The number of carbonyl (C=O) groups excluding carboxylic acids is 6. The molecule has 0 saturated carbocycles. The molecule has 2 aliphatic rings. The van der Waals surface area contributed by atoms with Crippen molar-refractivity contribution in [2.45, 2.75) is 112 Å². The number of amides is 6. The van der Waals surface area contributed by atoms with E-state index in [1.54, 1.807) is 48.5 Å². The third kappa shape index (κ3) is 23.1. The minimum atomic E-state index is -2.53. The minimum absolute atomic E-state index is 0. The van der Waals surface area contributed by atoms with E-state index in [0.29, 0.717) is 45.3 Å². The predicted molar refractivity (Wildman–Crippen MR) is 360 cm³/mol. The Kier molecular flexibility index (Phi) is 31.6. The molecule has 0 bridgehead atoms. The summed E-state index contributed by atoms with van der Waals surface area (Å²) in [5.74, 6) is -12.3. The monoisotopic (exact) mass is 1450 g/mol. The zero-order chi connectivity index (χ0) is 72.8. The van der Waals surface area contributed by atoms with Gasteiger partial charge in [0, 0.05) is 86.6 Å². The van der Waals surface area contributed by atoms with E-state index in [9.17, 15) is 99.0 Å². The third-order valence-corrected chi connectivity index (χ3v) is 18.3. The van der Waals surface area contributed by atoms with Crippen LogP contribution in [0.2, 0.25) is 0 Å². The second-order valence-corrected chi connectivity index (χ2v) is 25.9. The molecule has 2 fully saturated rings. The van der Waals surface area contributed by atoms with Crippen molar-refractivity contribution in [2.75, 3.05) is 62.4 Å². The Morgan fingerprint density at radius 3 is 1.00 bits per heavy atom. The van der Waals surface area contributed by atoms with E-state index in [1.807, 2.05) is 0 Å². The molecule has 538 valence electrons. The number of aromatic carboxylic acids is 2. The number of hydrogen-bond donors (Lipinski definition) is 16. The summed E-state index contributed by atoms with van der Waals surface area (Å²) >= 11 is 2.80. The van der Waals surface area contributed by atoms with Gasteiger partial charge in [-0.1, -0.05) is 48.5 Å². The minimum Gasteiger partial charge on any atom is -0.478 e. The van der Waals surface area contributed by atoms with Gasteiger partial charge in [0.2, 0.25) is 11.8 Å². The van der Waals surface area contributed by atoms with Crippen LogP contribution in [0.25, 0.3) is 22.3 Å². The number of hydrogen-bond acceptors (Lipinski definition) is 22. The Morgan fingerprint density at radius 2 is 0.723 bits per heavy atom. The first-order chi connectivity index (χ1) is 47.6. The Labute approximate surface area is 609 Å². The van der Waals surface area contributed by atoms with Crippen molar-refractivity contribution in [1.29, 1.82) is 0 Å². The second-order valence-electron chi connectivity index (χ2n) is 23.5. The van der Waals surface area contributed by atoms with Gasteiger partial charge in [0.25, 0.3) is 35.2 Å². The number of ether oxygens (including phenoxy) is 4. The average molecular weight is 1450 g/mol. The zero-order valence-electron chi connectivity index (χ0n) is 55.2. The summed E-state index contributed by atoms with van der Waals surface area (Å²) in [5, 5.41) is 121. The Balaban J connectivity index is 0.0000161. The van der Waals surface area contributed by atoms with Gasteiger partial charge in [-0.2, -0.15) is 23.5 Å². The van der Waals surface area contributed by atoms with Crippen molar-refractivity contribution in [1.82, 2.24) is 31.9 Å². The van der Waals surface area contributed by atoms with Gasteiger partial charge >= 0.3 is 53.4 Å². The van der Waals surface area contributed by atoms with Gasteiger partial charge in [0.1, 0.15) is 24.4 Å². The van der Waals surface area contributed by atoms with Crippen molar-refractivity contribution in [3.05, 3.63) is 155 Å². The first kappa shape index (κ1) is 82.1. The van der Waals surface area contributed by atoms with Gasteiger partial charge in [-0.25, -0.2) is 19.2 Å². The molecular formula is C68H80N6NaO24S2+. The number of carbonyl (C=O) groups is 10. The molecule has 5 aromatic carbocycles. The summed E-state index contributed by atoms with van der Waals surface area (Å²) in [6, 6.07) is 27.8. The number of carboxylic acids is 4. The molecule has 0 aromatic heterocycles. The summed E-state index contributed by atoms with van der Waals surface area (Å²) in [6.07, 6.45) is -15.2. The average Bonchev–Trinajstić information content (AvgIpc) is 0.774. The van der Waals surface area contributed by atoms with E-state index in [4.69, 9.17) is 18.9 Å². The molecule has 6 amide bonds. The van der Waals surface area contributed by atoms with Crippen molar-refractivity contribution in [3.8, 4) is 22.3 Å². The number of rotatable bonds is 36. The number of aliphatic hydroxyl groups is 6. The standard InChI is InChI=1S/C68H80N6O24S2.Na/c1-37(75)73-53-49(77)33-67(65(91)92,97-57(53)55(81)51(79)35-71-61(85)45-13-5-39(6-14-45)41-9-21-47(22-10-41)63(87)88)95-27-3-29-99-31-25-69-59(83)43-17-19-44(20-18-43)60(84)70-26-32-100-30-4-28-96-68(66(93)94)34-50(78)54(74-38(2)76)58(98-68)56(82)52(80)36-72-62(86)46-15-7-40(8-16-46)42-11-23-48(24-12-42)64(89)90;/h5-24,49-58,77-82H,3-4,25-36H2,1-2H3,(H,69,83)(H,70,84)(H,71,85)(H,72,86)(H,73,75)(H,74,76)(H,87,88)(H,89,90)(H,91,92)(H,93,94);/q;+1/t49-,50-,51+,52+,53+,54+,55?,56?,57+,58+,67+,68+;/m0./s1. The van der Waals surface area contributed by atoms with Crippen molar-refractivity contribution in [2.24, 2.45) is 0 Å². The van der Waals surface area contributed by atoms with Crippen LogP contribution in [0.1, 0.15) is 102 Å². The fourth-order valence-corrected chi connectivity index (χ4v) is 12.4. The van der Waals surface area contributed by atoms with Crippen LogP contribution in [-0.2, 0) is 38.1 Å². The van der Waals surface area contributed by atoms with Crippen LogP contribution in [0.5, 0.6) is 0 Å². The van der Waals surface area contributed by atoms with Gasteiger partial charge in [-0.05, 0) is 119 Å². The molecule has 0 radical (unpaired) electrons. The third-order valence-electron chi connectivity index (χ3n) is 16.2. The van der Waals surface area contributed by atoms with Gasteiger partial charge < -0.3 is 102 Å². The van der Waals surface area contributed by atoms with Gasteiger partial charge in [-0.15, -0.1) is 0 Å². The number of benzene rings is 5. The normalized spacial score (nSPS) is 21.3. The molecule has 101 heavy (non-hydrogen) atoms. The Hall–Kier alpha value is -7.90. The number of carboxylic acid groups (broad SMARTS) is 4. The molecule has 33 heteroatoms. The maximum atomic E-state index is 13.0. The topological polar surface area (TPSA) is 482 Å². The summed E-state index contributed by atoms with van der Waals surface area (Å²) < 4.78 is 23.1. The van der Waals surface area contributed by atoms with Gasteiger partial charge in [0.05, 0.1) is 60.8 Å². The van der Waals surface area contributed by atoms with Crippen LogP contribution in [0, 0.1) is 0 Å². The molecule has 2 unspecified atom stereocenters. The Morgan fingerprint density at radius 1 is 0.446 bits per heavy atom. The van der Waals surface area contributed by atoms with Crippen LogP contribution in [0.4, 0.5) is 0 Å². The molecule has 30 nitrogen and oxygen atoms in total. The molecule has 2 saturated heterocycles. The first-order valence-corrected chi connectivity index (χ1v) is 33.9. The molecule has 2 heterocycles. The van der Waals surface area contributed by atoms with Crippen LogP contribution < -0.4 is 61.5 Å². The van der Waals surface area contributed by atoms with E-state index in [0.717, 1.165) is 13.8 Å². The smallest absolute Gasteiger partial charge is 0.478 e. The maximum absolute atomic E-state index is 13.0. The van der Waals surface area contributed by atoms with E-state index >= 15 is 0 Å². The van der Waals surface area contributed by atoms with E-state index in [-0.39, 0.29) is 102 Å². The molecule has 0 spiro atoms. The van der Waals surface area contributed by atoms with E-state index in [1.165, 1.54) is 96.3 Å². The molecule has 7 rings (SSSR count). The van der Waals surface area contributed by atoms with Crippen LogP contribution in [0.15, 0.2) is 121 Å². The number of aliphatic hydroxyl groups excluding tert-OH is 6. The van der Waals surface area contributed by atoms with Gasteiger partial charge in [0.15, 0.2) is 0 Å². The quantitative estimate of drug-likeness (QED) is 0.0158. The van der Waals surface area contributed by atoms with Crippen LogP contribution in [0.3, 0.4) is 0 Å². The molecule has 2 aliphatic heterocycles. The van der Waals surface area contributed by atoms with Gasteiger partial charge in [-0.3, -0.25) is 28.8 Å². The number of aliphatic carboxylic acids is 2.